The molecular formula is C19H21F3N2O4. The molecule has 0 saturated carbocycles. The van der Waals surface area contributed by atoms with Crippen LogP contribution in [0.25, 0.3) is 0 Å². The molecule has 0 fully saturated rings. The second-order valence-electron chi connectivity index (χ2n) is 5.71. The van der Waals surface area contributed by atoms with Gasteiger partial charge >= 0.3 is 6.18 Å². The maximum absolute atomic E-state index is 12.5. The van der Waals surface area contributed by atoms with Crippen molar-refractivity contribution in [2.24, 2.45) is 0 Å². The van der Waals surface area contributed by atoms with Crippen molar-refractivity contribution < 1.29 is 32.2 Å². The smallest absolute Gasteiger partial charge is 0.416 e. The molecule has 152 valence electrons. The van der Waals surface area contributed by atoms with Gasteiger partial charge in [-0.1, -0.05) is 0 Å². The van der Waals surface area contributed by atoms with E-state index in [0.29, 0.717) is 35.2 Å². The zero-order chi connectivity index (χ0) is 20.7. The molecule has 0 aromatic heterocycles. The maximum Gasteiger partial charge on any atom is 0.416 e. The van der Waals surface area contributed by atoms with Crippen molar-refractivity contribution in [2.45, 2.75) is 12.6 Å². The third kappa shape index (κ3) is 5.45. The van der Waals surface area contributed by atoms with Gasteiger partial charge in [-0.25, -0.2) is 0 Å². The van der Waals surface area contributed by atoms with E-state index in [-0.39, 0.29) is 12.3 Å². The summed E-state index contributed by atoms with van der Waals surface area (Å²) in [6.07, 6.45) is -4.30. The van der Waals surface area contributed by atoms with Gasteiger partial charge in [-0.15, -0.1) is 0 Å². The number of carbonyl (C=O) groups excluding carboxylic acids is 1. The lowest BCUT2D eigenvalue weighted by molar-refractivity contribution is -0.137. The van der Waals surface area contributed by atoms with Crippen LogP contribution in [0.2, 0.25) is 0 Å². The summed E-state index contributed by atoms with van der Waals surface area (Å²) in [5.41, 5.74) is 0.192. The topological polar surface area (TPSA) is 68.8 Å². The number of halogens is 3. The molecule has 9 heteroatoms. The van der Waals surface area contributed by atoms with Gasteiger partial charge in [0.2, 0.25) is 11.7 Å². The number of methoxy groups -OCH3 is 3. The highest BCUT2D eigenvalue weighted by atomic mass is 19.4. The Morgan fingerprint density at radius 1 is 0.929 bits per heavy atom. The Kier molecular flexibility index (Phi) is 6.97. The number of rotatable bonds is 8. The largest absolute Gasteiger partial charge is 0.493 e. The van der Waals surface area contributed by atoms with E-state index in [2.05, 4.69) is 10.6 Å². The quantitative estimate of drug-likeness (QED) is 0.699. The summed E-state index contributed by atoms with van der Waals surface area (Å²) in [4.78, 5) is 12.0. The van der Waals surface area contributed by atoms with E-state index in [9.17, 15) is 18.0 Å². The van der Waals surface area contributed by atoms with E-state index in [1.165, 1.54) is 33.5 Å². The van der Waals surface area contributed by atoms with E-state index >= 15 is 0 Å². The van der Waals surface area contributed by atoms with Crippen LogP contribution in [-0.2, 0) is 11.0 Å². The molecule has 0 aliphatic rings. The molecule has 28 heavy (non-hydrogen) atoms. The summed E-state index contributed by atoms with van der Waals surface area (Å²) in [6, 6.07) is 7.68. The molecule has 2 rings (SSSR count). The number of hydrogen-bond acceptors (Lipinski definition) is 5. The molecule has 2 aromatic carbocycles. The average molecular weight is 398 g/mol. The summed E-state index contributed by atoms with van der Waals surface area (Å²) in [5, 5.41) is 5.62. The van der Waals surface area contributed by atoms with Gasteiger partial charge < -0.3 is 24.8 Å². The van der Waals surface area contributed by atoms with Gasteiger partial charge in [-0.2, -0.15) is 13.2 Å². The van der Waals surface area contributed by atoms with Crippen LogP contribution in [-0.4, -0.2) is 33.8 Å². The van der Waals surface area contributed by atoms with Crippen molar-refractivity contribution in [3.63, 3.8) is 0 Å². The molecule has 0 atom stereocenters. The van der Waals surface area contributed by atoms with Crippen molar-refractivity contribution in [1.82, 2.24) is 0 Å². The molecule has 0 aliphatic heterocycles. The molecule has 0 radical (unpaired) electrons. The SMILES string of the molecule is COc1cc(NCCC(=O)Nc2ccc(C(F)(F)F)cc2)cc(OC)c1OC. The van der Waals surface area contributed by atoms with Crippen molar-refractivity contribution in [1.29, 1.82) is 0 Å². The highest BCUT2D eigenvalue weighted by molar-refractivity contribution is 5.91. The highest BCUT2D eigenvalue weighted by Crippen LogP contribution is 2.39. The second-order valence-corrected chi connectivity index (χ2v) is 5.71. The Labute approximate surface area is 160 Å². The predicted molar refractivity (Wildman–Crippen MR) is 99.3 cm³/mol. The molecule has 2 aromatic rings. The van der Waals surface area contributed by atoms with E-state index in [4.69, 9.17) is 14.2 Å². The van der Waals surface area contributed by atoms with Crippen LogP contribution >= 0.6 is 0 Å². The Balaban J connectivity index is 1.92. The highest BCUT2D eigenvalue weighted by Gasteiger charge is 2.29. The number of carbonyl (C=O) groups is 1. The Morgan fingerprint density at radius 2 is 1.50 bits per heavy atom. The van der Waals surface area contributed by atoms with Gasteiger partial charge in [-0.05, 0) is 24.3 Å². The lowest BCUT2D eigenvalue weighted by Gasteiger charge is -2.15. The molecule has 0 bridgehead atoms. The zero-order valence-electron chi connectivity index (χ0n) is 15.6. The molecule has 6 nitrogen and oxygen atoms in total. The fourth-order valence-corrected chi connectivity index (χ4v) is 2.47. The van der Waals surface area contributed by atoms with Crippen LogP contribution in [0.3, 0.4) is 0 Å². The Bertz CT molecular complexity index is 783. The van der Waals surface area contributed by atoms with E-state index in [1.54, 1.807) is 12.1 Å². The van der Waals surface area contributed by atoms with Crippen LogP contribution in [0.5, 0.6) is 17.2 Å². The molecule has 0 aliphatic carbocycles. The maximum atomic E-state index is 12.5. The average Bonchev–Trinajstić information content (AvgIpc) is 2.66. The van der Waals surface area contributed by atoms with Crippen LogP contribution < -0.4 is 24.8 Å². The minimum Gasteiger partial charge on any atom is -0.493 e. The van der Waals surface area contributed by atoms with Crippen LogP contribution in [0.4, 0.5) is 24.5 Å². The predicted octanol–water partition coefficient (Wildman–Crippen LogP) is 4.17. The lowest BCUT2D eigenvalue weighted by atomic mass is 10.2. The third-order valence-corrected chi connectivity index (χ3v) is 3.84. The molecule has 0 spiro atoms. The molecule has 0 unspecified atom stereocenters. The first-order valence-corrected chi connectivity index (χ1v) is 8.29. The van der Waals surface area contributed by atoms with Crippen molar-refractivity contribution in [2.75, 3.05) is 38.5 Å². The lowest BCUT2D eigenvalue weighted by Crippen LogP contribution is -2.16. The minimum atomic E-state index is -4.41. The van der Waals surface area contributed by atoms with Crippen LogP contribution in [0.1, 0.15) is 12.0 Å². The Morgan fingerprint density at radius 3 is 1.96 bits per heavy atom. The van der Waals surface area contributed by atoms with Gasteiger partial charge in [0.05, 0.1) is 26.9 Å². The number of alkyl halides is 3. The first-order chi connectivity index (χ1) is 13.3. The van der Waals surface area contributed by atoms with Crippen LogP contribution in [0, 0.1) is 0 Å². The van der Waals surface area contributed by atoms with E-state index in [1.807, 2.05) is 0 Å². The van der Waals surface area contributed by atoms with Gasteiger partial charge in [0.25, 0.3) is 0 Å². The van der Waals surface area contributed by atoms with Crippen molar-refractivity contribution in [3.05, 3.63) is 42.0 Å². The molecule has 0 heterocycles. The molecule has 2 N–H and O–H groups in total. The van der Waals surface area contributed by atoms with E-state index < -0.39 is 11.7 Å². The van der Waals surface area contributed by atoms with Crippen LogP contribution in [0.15, 0.2) is 36.4 Å². The van der Waals surface area contributed by atoms with Gasteiger partial charge in [0, 0.05) is 36.5 Å². The first kappa shape index (κ1) is 21.2. The number of amides is 1. The normalized spacial score (nSPS) is 10.9. The second kappa shape index (κ2) is 9.20. The molecular weight excluding hydrogens is 377 g/mol. The summed E-state index contributed by atoms with van der Waals surface area (Å²) in [6.45, 7) is 0.297. The monoisotopic (exact) mass is 398 g/mol. The minimum absolute atomic E-state index is 0.109. The summed E-state index contributed by atoms with van der Waals surface area (Å²) in [5.74, 6) is 1.06. The third-order valence-electron chi connectivity index (χ3n) is 3.84. The van der Waals surface area contributed by atoms with Crippen molar-refractivity contribution in [3.8, 4) is 17.2 Å². The van der Waals surface area contributed by atoms with Gasteiger partial charge in [-0.3, -0.25) is 4.79 Å². The van der Waals surface area contributed by atoms with Crippen molar-refractivity contribution >= 4 is 17.3 Å². The summed E-state index contributed by atoms with van der Waals surface area (Å²) >= 11 is 0. The molecule has 1 amide bonds. The summed E-state index contributed by atoms with van der Waals surface area (Å²) in [7, 11) is 4.50. The van der Waals surface area contributed by atoms with Gasteiger partial charge in [0.1, 0.15) is 0 Å². The Hall–Kier alpha value is -3.10. The van der Waals surface area contributed by atoms with Gasteiger partial charge in [0.15, 0.2) is 11.5 Å². The number of nitrogens with one attached hydrogen (secondary N) is 2. The summed E-state index contributed by atoms with van der Waals surface area (Å²) < 4.78 is 53.4. The number of ether oxygens (including phenoxy) is 3. The number of hydrogen-bond donors (Lipinski definition) is 2. The standard InChI is InChI=1S/C19H21F3N2O4/c1-26-15-10-14(11-16(27-2)18(15)28-3)23-9-8-17(25)24-13-6-4-12(5-7-13)19(20,21)22/h4-7,10-11,23H,8-9H2,1-3H3,(H,24,25). The number of benzene rings is 2. The fourth-order valence-electron chi connectivity index (χ4n) is 2.47. The molecule has 0 saturated heterocycles. The first-order valence-electron chi connectivity index (χ1n) is 8.29. The fraction of sp³-hybridized carbons (Fsp3) is 0.316. The zero-order valence-corrected chi connectivity index (χ0v) is 15.6. The van der Waals surface area contributed by atoms with E-state index in [0.717, 1.165) is 12.1 Å². The number of anilines is 2.